The van der Waals surface area contributed by atoms with E-state index >= 15 is 0 Å². The van der Waals surface area contributed by atoms with E-state index in [4.69, 9.17) is 0 Å². The Morgan fingerprint density at radius 1 is 0.333 bits per heavy atom. The van der Waals surface area contributed by atoms with Gasteiger partial charge in [-0.25, -0.2) is 0 Å². The monoisotopic (exact) mass is 728 g/mol. The van der Waals surface area contributed by atoms with Crippen molar-refractivity contribution in [3.8, 4) is 44.5 Å². The van der Waals surface area contributed by atoms with Crippen LogP contribution in [0.1, 0.15) is 25.0 Å². The summed E-state index contributed by atoms with van der Waals surface area (Å²) >= 11 is 0. The van der Waals surface area contributed by atoms with E-state index in [-0.39, 0.29) is 5.41 Å². The molecule has 11 aromatic rings. The number of aryl methyl sites for hydroxylation is 2. The third-order valence-corrected chi connectivity index (χ3v) is 13.3. The summed E-state index contributed by atoms with van der Waals surface area (Å²) in [6.07, 6.45) is 0. The maximum Gasteiger partial charge on any atom is 0.0568 e. The summed E-state index contributed by atoms with van der Waals surface area (Å²) in [7, 11) is 4.43. The molecule has 12 rings (SSSR count). The van der Waals surface area contributed by atoms with E-state index in [0.29, 0.717) is 0 Å². The smallest absolute Gasteiger partial charge is 0.0568 e. The van der Waals surface area contributed by atoms with Gasteiger partial charge in [0, 0.05) is 63.2 Å². The lowest BCUT2D eigenvalue weighted by molar-refractivity contribution is 0.660. The van der Waals surface area contributed by atoms with Crippen molar-refractivity contribution in [2.45, 2.75) is 19.3 Å². The minimum absolute atomic E-state index is 0.104. The summed E-state index contributed by atoms with van der Waals surface area (Å²) in [6.45, 7) is 4.77. The Morgan fingerprint density at radius 3 is 1.35 bits per heavy atom. The molecule has 0 N–H and O–H groups in total. The fraction of sp³-hybridized carbons (Fsp3) is 0.0909. The molecule has 0 aliphatic heterocycles. The molecule has 2 nitrogen and oxygen atoms in total. The van der Waals surface area contributed by atoms with Gasteiger partial charge in [-0.05, 0) is 90.3 Å². The van der Waals surface area contributed by atoms with Crippen molar-refractivity contribution in [2.24, 2.45) is 14.1 Å². The summed E-state index contributed by atoms with van der Waals surface area (Å²) in [5.41, 5.74) is 17.9. The van der Waals surface area contributed by atoms with E-state index in [1.165, 1.54) is 121 Å². The molecule has 1 aliphatic rings. The second kappa shape index (κ2) is 11.6. The van der Waals surface area contributed by atoms with Gasteiger partial charge >= 0.3 is 0 Å². The third kappa shape index (κ3) is 4.30. The number of fused-ring (bicyclic) bond motifs is 11. The van der Waals surface area contributed by atoms with Gasteiger partial charge in [0.15, 0.2) is 0 Å². The molecule has 0 bridgehead atoms. The standard InChI is InChI=1S/C55H40N2/c1-55(2)48-26-8-5-15-36(48)37-30-29-33(31-49(37)55)52-40-20-11-18-34(42-22-13-24-44-38-16-6-9-27-50(38)56(3)53(42)44)46(40)32-47-35(19-12-21-41(47)52)43-23-14-25-45-39-17-7-10-28-51(39)57(4)54(43)45/h5-32H,1-4H3. The Kier molecular flexibility index (Phi) is 6.57. The molecule has 2 heterocycles. The number of hydrogen-bond donors (Lipinski definition) is 0. The van der Waals surface area contributed by atoms with E-state index in [0.717, 1.165) is 0 Å². The van der Waals surface area contributed by atoms with Crippen LogP contribution in [0.2, 0.25) is 0 Å². The SMILES string of the molecule is Cn1c2ccccc2c2cccc(-c3cccc4c(-c5ccc6c(c5)C(C)(C)c5ccccc5-6)c5cccc(-c6cccc7c8ccccc8n(C)c67)c5cc34)c21. The lowest BCUT2D eigenvalue weighted by atomic mass is 9.80. The first-order valence-electron chi connectivity index (χ1n) is 20.1. The fourth-order valence-electron chi connectivity index (χ4n) is 10.7. The molecule has 57 heavy (non-hydrogen) atoms. The highest BCUT2D eigenvalue weighted by Gasteiger charge is 2.35. The Balaban J connectivity index is 1.21. The Morgan fingerprint density at radius 2 is 0.772 bits per heavy atom. The van der Waals surface area contributed by atoms with E-state index < -0.39 is 0 Å². The summed E-state index contributed by atoms with van der Waals surface area (Å²) < 4.78 is 4.76. The Hall–Kier alpha value is -6.90. The fourth-order valence-corrected chi connectivity index (χ4v) is 10.7. The molecule has 270 valence electrons. The van der Waals surface area contributed by atoms with Crippen molar-refractivity contribution in [3.05, 3.63) is 181 Å². The van der Waals surface area contributed by atoms with Crippen LogP contribution in [-0.4, -0.2) is 9.13 Å². The molecule has 0 saturated heterocycles. The summed E-state index contributed by atoms with van der Waals surface area (Å²) in [5.74, 6) is 0. The van der Waals surface area contributed by atoms with Crippen molar-refractivity contribution in [1.29, 1.82) is 0 Å². The lowest BCUT2D eigenvalue weighted by Crippen LogP contribution is -2.14. The van der Waals surface area contributed by atoms with Gasteiger partial charge in [0.05, 0.1) is 11.0 Å². The zero-order valence-corrected chi connectivity index (χ0v) is 32.6. The van der Waals surface area contributed by atoms with Crippen LogP contribution in [0.5, 0.6) is 0 Å². The van der Waals surface area contributed by atoms with Crippen molar-refractivity contribution >= 4 is 65.2 Å². The molecular weight excluding hydrogens is 689 g/mol. The number of aromatic nitrogens is 2. The number of nitrogens with zero attached hydrogens (tertiary/aromatic N) is 2. The van der Waals surface area contributed by atoms with Crippen LogP contribution in [-0.2, 0) is 19.5 Å². The molecule has 9 aromatic carbocycles. The highest BCUT2D eigenvalue weighted by molar-refractivity contribution is 6.23. The highest BCUT2D eigenvalue weighted by atomic mass is 14.9. The van der Waals surface area contributed by atoms with Crippen LogP contribution >= 0.6 is 0 Å². The molecule has 0 saturated carbocycles. The van der Waals surface area contributed by atoms with Crippen molar-refractivity contribution in [3.63, 3.8) is 0 Å². The van der Waals surface area contributed by atoms with E-state index in [9.17, 15) is 0 Å². The van der Waals surface area contributed by atoms with Gasteiger partial charge in [-0.2, -0.15) is 0 Å². The predicted octanol–water partition coefficient (Wildman–Crippen LogP) is 14.6. The van der Waals surface area contributed by atoms with Crippen molar-refractivity contribution in [1.82, 2.24) is 9.13 Å². The molecule has 0 radical (unpaired) electrons. The normalized spacial score (nSPS) is 13.4. The van der Waals surface area contributed by atoms with E-state index in [1.807, 2.05) is 0 Å². The first-order valence-corrected chi connectivity index (χ1v) is 20.1. The second-order valence-corrected chi connectivity index (χ2v) is 16.5. The number of benzene rings is 9. The van der Waals surface area contributed by atoms with Crippen LogP contribution in [0.15, 0.2) is 170 Å². The molecular formula is C55H40N2. The number of hydrogen-bond acceptors (Lipinski definition) is 0. The maximum atomic E-state index is 2.50. The maximum absolute atomic E-state index is 2.50. The van der Waals surface area contributed by atoms with Gasteiger partial charge in [-0.15, -0.1) is 0 Å². The van der Waals surface area contributed by atoms with Crippen LogP contribution in [0.25, 0.3) is 110 Å². The Bertz CT molecular complexity index is 3340. The van der Waals surface area contributed by atoms with Gasteiger partial charge in [0.25, 0.3) is 0 Å². The van der Waals surface area contributed by atoms with E-state index in [2.05, 4.69) is 207 Å². The molecule has 2 aromatic heterocycles. The topological polar surface area (TPSA) is 9.86 Å². The van der Waals surface area contributed by atoms with Crippen molar-refractivity contribution < 1.29 is 0 Å². The van der Waals surface area contributed by atoms with Gasteiger partial charge in [-0.1, -0.05) is 159 Å². The molecule has 2 heteroatoms. The number of para-hydroxylation sites is 4. The molecule has 0 fully saturated rings. The molecule has 0 spiro atoms. The molecule has 0 unspecified atom stereocenters. The minimum atomic E-state index is -0.104. The first kappa shape index (κ1) is 32.4. The molecule has 0 atom stereocenters. The zero-order chi connectivity index (χ0) is 38.2. The Labute approximate surface area is 331 Å². The highest BCUT2D eigenvalue weighted by Crippen LogP contribution is 2.52. The lowest BCUT2D eigenvalue weighted by Gasteiger charge is -2.23. The molecule has 0 amide bonds. The van der Waals surface area contributed by atoms with Crippen LogP contribution < -0.4 is 0 Å². The average molecular weight is 729 g/mol. The zero-order valence-electron chi connectivity index (χ0n) is 32.6. The largest absolute Gasteiger partial charge is 0.343 e. The van der Waals surface area contributed by atoms with Crippen LogP contribution in [0, 0.1) is 0 Å². The quantitative estimate of drug-likeness (QED) is 0.160. The second-order valence-electron chi connectivity index (χ2n) is 16.5. The minimum Gasteiger partial charge on any atom is -0.343 e. The average Bonchev–Trinajstić information content (AvgIpc) is 3.81. The summed E-state index contributed by atoms with van der Waals surface area (Å²) in [6, 6.07) is 63.8. The van der Waals surface area contributed by atoms with Crippen molar-refractivity contribution in [2.75, 3.05) is 0 Å². The predicted molar refractivity (Wildman–Crippen MR) is 243 cm³/mol. The van der Waals surface area contributed by atoms with Gasteiger partial charge in [0.2, 0.25) is 0 Å². The van der Waals surface area contributed by atoms with Gasteiger partial charge in [-0.3, -0.25) is 0 Å². The molecule has 1 aliphatic carbocycles. The number of rotatable bonds is 3. The van der Waals surface area contributed by atoms with E-state index in [1.54, 1.807) is 0 Å². The van der Waals surface area contributed by atoms with Crippen LogP contribution in [0.3, 0.4) is 0 Å². The summed E-state index contributed by atoms with van der Waals surface area (Å²) in [4.78, 5) is 0. The van der Waals surface area contributed by atoms with Gasteiger partial charge < -0.3 is 9.13 Å². The third-order valence-electron chi connectivity index (χ3n) is 13.3. The first-order chi connectivity index (χ1) is 27.9. The van der Waals surface area contributed by atoms with Crippen LogP contribution in [0.4, 0.5) is 0 Å². The van der Waals surface area contributed by atoms with Gasteiger partial charge in [0.1, 0.15) is 0 Å². The summed E-state index contributed by atoms with van der Waals surface area (Å²) in [5, 5.41) is 10.2.